The van der Waals surface area contributed by atoms with Crippen LogP contribution in [0.3, 0.4) is 0 Å². The van der Waals surface area contributed by atoms with E-state index in [0.29, 0.717) is 23.3 Å². The smallest absolute Gasteiger partial charge is 0.371 e. The van der Waals surface area contributed by atoms with Crippen LogP contribution in [0.4, 0.5) is 0 Å². The van der Waals surface area contributed by atoms with E-state index in [1.54, 1.807) is 23.8 Å². The number of rotatable bonds is 3. The first-order valence-corrected chi connectivity index (χ1v) is 6.83. The number of thiophene rings is 1. The quantitative estimate of drug-likeness (QED) is 0.804. The van der Waals surface area contributed by atoms with Gasteiger partial charge in [0.15, 0.2) is 0 Å². The van der Waals surface area contributed by atoms with Gasteiger partial charge in [0.1, 0.15) is 5.76 Å². The first kappa shape index (κ1) is 12.7. The zero-order chi connectivity index (χ0) is 14.3. The van der Waals surface area contributed by atoms with Crippen LogP contribution in [0.15, 0.2) is 39.0 Å². The van der Waals surface area contributed by atoms with Gasteiger partial charge in [0.25, 0.3) is 5.56 Å². The molecule has 0 aliphatic carbocycles. The molecular formula is C14H11NO4S. The molecule has 3 aromatic heterocycles. The minimum atomic E-state index is -1.11. The van der Waals surface area contributed by atoms with E-state index in [9.17, 15) is 9.59 Å². The molecule has 3 aromatic rings. The molecule has 0 saturated carbocycles. The lowest BCUT2D eigenvalue weighted by molar-refractivity contribution is 0.0661. The van der Waals surface area contributed by atoms with Crippen molar-refractivity contribution in [3.05, 3.63) is 57.2 Å². The molecule has 0 bridgehead atoms. The number of carbonyl (C=O) groups is 1. The Morgan fingerprint density at radius 2 is 2.25 bits per heavy atom. The third-order valence-electron chi connectivity index (χ3n) is 3.16. The number of fused-ring (bicyclic) bond motifs is 1. The number of pyridine rings is 1. The molecule has 20 heavy (non-hydrogen) atoms. The zero-order valence-corrected chi connectivity index (χ0v) is 11.4. The first-order valence-electron chi connectivity index (χ1n) is 5.95. The Labute approximate surface area is 117 Å². The number of aromatic carboxylic acids is 1. The molecule has 0 aliphatic rings. The summed E-state index contributed by atoms with van der Waals surface area (Å²) >= 11 is 1.52. The Balaban J connectivity index is 2.03. The molecule has 6 heteroatoms. The number of hydrogen-bond donors (Lipinski definition) is 1. The lowest BCUT2D eigenvalue weighted by atomic mass is 10.2. The second-order valence-corrected chi connectivity index (χ2v) is 5.39. The van der Waals surface area contributed by atoms with E-state index in [2.05, 4.69) is 0 Å². The summed E-state index contributed by atoms with van der Waals surface area (Å²) in [6, 6.07) is 5.14. The predicted molar refractivity (Wildman–Crippen MR) is 75.6 cm³/mol. The van der Waals surface area contributed by atoms with Gasteiger partial charge in [-0.05, 0) is 30.5 Å². The summed E-state index contributed by atoms with van der Waals surface area (Å²) in [6.45, 7) is 1.99. The number of aromatic nitrogens is 1. The van der Waals surface area contributed by atoms with Gasteiger partial charge in [-0.1, -0.05) is 0 Å². The topological polar surface area (TPSA) is 72.4 Å². The van der Waals surface area contributed by atoms with Gasteiger partial charge < -0.3 is 14.1 Å². The van der Waals surface area contributed by atoms with Gasteiger partial charge in [0.05, 0.1) is 11.9 Å². The van der Waals surface area contributed by atoms with Crippen LogP contribution in [0, 0.1) is 6.92 Å². The largest absolute Gasteiger partial charge is 0.475 e. The van der Waals surface area contributed by atoms with Crippen molar-refractivity contribution in [2.24, 2.45) is 0 Å². The van der Waals surface area contributed by atoms with Crippen molar-refractivity contribution < 1.29 is 14.3 Å². The van der Waals surface area contributed by atoms with Crippen LogP contribution in [0.5, 0.6) is 0 Å². The maximum absolute atomic E-state index is 12.3. The van der Waals surface area contributed by atoms with Gasteiger partial charge in [-0.25, -0.2) is 4.79 Å². The number of furan rings is 1. The van der Waals surface area contributed by atoms with Crippen molar-refractivity contribution in [3.8, 4) is 0 Å². The molecule has 0 aliphatic heterocycles. The number of hydrogen-bond acceptors (Lipinski definition) is 4. The zero-order valence-electron chi connectivity index (χ0n) is 10.6. The summed E-state index contributed by atoms with van der Waals surface area (Å²) in [4.78, 5) is 23.1. The summed E-state index contributed by atoms with van der Waals surface area (Å²) < 4.78 is 7.65. The molecule has 0 radical (unpaired) electrons. The van der Waals surface area contributed by atoms with Gasteiger partial charge in [-0.15, -0.1) is 11.3 Å². The average Bonchev–Trinajstić information content (AvgIpc) is 3.00. The Hall–Kier alpha value is -2.34. The number of nitrogens with zero attached hydrogens (tertiary/aromatic N) is 1. The van der Waals surface area contributed by atoms with Gasteiger partial charge in [0, 0.05) is 16.5 Å². The van der Waals surface area contributed by atoms with E-state index in [1.807, 2.05) is 11.4 Å². The molecule has 3 heterocycles. The second-order valence-electron chi connectivity index (χ2n) is 4.44. The molecule has 0 fully saturated rings. The summed E-state index contributed by atoms with van der Waals surface area (Å²) in [6.07, 6.45) is 1.72. The fraction of sp³-hybridized carbons (Fsp3) is 0.143. The molecule has 0 atom stereocenters. The molecule has 0 spiro atoms. The molecule has 0 unspecified atom stereocenters. The van der Waals surface area contributed by atoms with Crippen LogP contribution in [0.1, 0.15) is 21.9 Å². The lowest BCUT2D eigenvalue weighted by Crippen LogP contribution is -2.19. The number of carboxylic acids is 1. The number of carboxylic acid groups (broad SMARTS) is 1. The fourth-order valence-corrected chi connectivity index (χ4v) is 2.87. The maximum Gasteiger partial charge on any atom is 0.371 e. The minimum absolute atomic E-state index is 0.0822. The summed E-state index contributed by atoms with van der Waals surface area (Å²) in [5, 5.41) is 11.5. The van der Waals surface area contributed by atoms with Crippen molar-refractivity contribution in [3.63, 3.8) is 0 Å². The number of aryl methyl sites for hydroxylation is 1. The monoisotopic (exact) mass is 289 g/mol. The molecule has 5 nitrogen and oxygen atoms in total. The van der Waals surface area contributed by atoms with E-state index >= 15 is 0 Å². The molecular weight excluding hydrogens is 278 g/mol. The average molecular weight is 289 g/mol. The van der Waals surface area contributed by atoms with Crippen LogP contribution in [0.2, 0.25) is 0 Å². The maximum atomic E-state index is 12.3. The molecule has 0 saturated heterocycles. The van der Waals surface area contributed by atoms with Crippen molar-refractivity contribution in [2.45, 2.75) is 13.5 Å². The highest BCUT2D eigenvalue weighted by Gasteiger charge is 2.14. The molecule has 102 valence electrons. The highest BCUT2D eigenvalue weighted by atomic mass is 32.1. The Bertz CT molecular complexity index is 856. The SMILES string of the molecule is Cc1oc(C(=O)O)cc1Cn1ccc2sccc2c1=O. The summed E-state index contributed by atoms with van der Waals surface area (Å²) in [5.41, 5.74) is 0.611. The van der Waals surface area contributed by atoms with Crippen LogP contribution >= 0.6 is 11.3 Å². The normalized spacial score (nSPS) is 11.1. The van der Waals surface area contributed by atoms with Crippen molar-refractivity contribution in [1.82, 2.24) is 4.57 Å². The van der Waals surface area contributed by atoms with E-state index in [-0.39, 0.29) is 11.3 Å². The third kappa shape index (κ3) is 2.04. The Morgan fingerprint density at radius 3 is 2.95 bits per heavy atom. The van der Waals surface area contributed by atoms with E-state index in [4.69, 9.17) is 9.52 Å². The van der Waals surface area contributed by atoms with Gasteiger partial charge in [-0.2, -0.15) is 0 Å². The first-order chi connectivity index (χ1) is 9.56. The predicted octanol–water partition coefficient (Wildman–Crippen LogP) is 2.71. The standard InChI is InChI=1S/C14H11NO4S/c1-8-9(6-11(19-8)14(17)18)7-15-4-2-12-10(13(15)16)3-5-20-12/h2-6H,7H2,1H3,(H,17,18). The Kier molecular flexibility index (Phi) is 2.94. The highest BCUT2D eigenvalue weighted by Crippen LogP contribution is 2.18. The lowest BCUT2D eigenvalue weighted by Gasteiger charge is -2.04. The van der Waals surface area contributed by atoms with Gasteiger partial charge >= 0.3 is 5.97 Å². The van der Waals surface area contributed by atoms with E-state index in [1.165, 1.54) is 17.4 Å². The van der Waals surface area contributed by atoms with Crippen LogP contribution in [0.25, 0.3) is 10.1 Å². The van der Waals surface area contributed by atoms with Crippen LogP contribution < -0.4 is 5.56 Å². The van der Waals surface area contributed by atoms with Crippen LogP contribution in [-0.4, -0.2) is 15.6 Å². The van der Waals surface area contributed by atoms with Gasteiger partial charge in [-0.3, -0.25) is 4.79 Å². The minimum Gasteiger partial charge on any atom is -0.475 e. The molecule has 0 aromatic carbocycles. The highest BCUT2D eigenvalue weighted by molar-refractivity contribution is 7.17. The molecule has 1 N–H and O–H groups in total. The second kappa shape index (κ2) is 4.64. The Morgan fingerprint density at radius 1 is 1.45 bits per heavy atom. The molecule has 3 rings (SSSR count). The fourth-order valence-electron chi connectivity index (χ4n) is 2.10. The third-order valence-corrected chi connectivity index (χ3v) is 4.05. The molecule has 0 amide bonds. The van der Waals surface area contributed by atoms with Gasteiger partial charge in [0.2, 0.25) is 5.76 Å². The van der Waals surface area contributed by atoms with Crippen molar-refractivity contribution >= 4 is 27.4 Å². The van der Waals surface area contributed by atoms with E-state index in [0.717, 1.165) is 4.70 Å². The van der Waals surface area contributed by atoms with Crippen molar-refractivity contribution in [1.29, 1.82) is 0 Å². The summed E-state index contributed by atoms with van der Waals surface area (Å²) in [7, 11) is 0. The van der Waals surface area contributed by atoms with E-state index < -0.39 is 5.97 Å². The van der Waals surface area contributed by atoms with Crippen LogP contribution in [-0.2, 0) is 6.54 Å². The summed E-state index contributed by atoms with van der Waals surface area (Å²) in [5.74, 6) is -0.707. The van der Waals surface area contributed by atoms with Crippen molar-refractivity contribution in [2.75, 3.05) is 0 Å².